The molecule has 4 nitrogen and oxygen atoms in total. The molecule has 0 N–H and O–H groups in total. The Labute approximate surface area is 115 Å². The van der Waals surface area contributed by atoms with Gasteiger partial charge in [0, 0.05) is 13.2 Å². The molecule has 0 aliphatic heterocycles. The van der Waals surface area contributed by atoms with Crippen LogP contribution in [0.4, 0.5) is 0 Å². The lowest BCUT2D eigenvalue weighted by molar-refractivity contribution is -0.130. The van der Waals surface area contributed by atoms with Crippen LogP contribution in [0.25, 0.3) is 0 Å². The number of hydrogen-bond acceptors (Lipinski definition) is 3. The lowest BCUT2D eigenvalue weighted by Crippen LogP contribution is -2.53. The molecule has 0 atom stereocenters. The summed E-state index contributed by atoms with van der Waals surface area (Å²) in [6.45, 7) is 6.20. The summed E-state index contributed by atoms with van der Waals surface area (Å²) in [5.41, 5.74) is 0.673. The van der Waals surface area contributed by atoms with Gasteiger partial charge in [-0.15, -0.1) is 0 Å². The van der Waals surface area contributed by atoms with Gasteiger partial charge in [0.1, 0.15) is 0 Å². The number of aromatic nitrogens is 2. The van der Waals surface area contributed by atoms with Gasteiger partial charge in [-0.05, 0) is 32.0 Å². The summed E-state index contributed by atoms with van der Waals surface area (Å²) in [4.78, 5) is 15.2. The van der Waals surface area contributed by atoms with E-state index >= 15 is 0 Å². The van der Waals surface area contributed by atoms with Gasteiger partial charge in [-0.3, -0.25) is 14.4 Å². The normalized spacial score (nSPS) is 18.1. The van der Waals surface area contributed by atoms with E-state index in [9.17, 15) is 4.79 Å². The van der Waals surface area contributed by atoms with Crippen molar-refractivity contribution in [2.45, 2.75) is 51.5 Å². The van der Waals surface area contributed by atoms with Crippen LogP contribution in [0.1, 0.15) is 45.2 Å². The van der Waals surface area contributed by atoms with Crippen molar-refractivity contribution in [1.29, 1.82) is 0 Å². The lowest BCUT2D eigenvalue weighted by Gasteiger charge is -2.39. The Kier molecular flexibility index (Phi) is 4.40. The number of rotatable bonds is 6. The van der Waals surface area contributed by atoms with Crippen LogP contribution in [0.15, 0.2) is 12.3 Å². The third kappa shape index (κ3) is 2.73. The van der Waals surface area contributed by atoms with Crippen molar-refractivity contribution < 1.29 is 4.79 Å². The first-order valence-corrected chi connectivity index (χ1v) is 7.39. The summed E-state index contributed by atoms with van der Waals surface area (Å²) in [5, 5.41) is 4.34. The first kappa shape index (κ1) is 14.3. The Hall–Kier alpha value is -1.16. The zero-order valence-electron chi connectivity index (χ0n) is 12.4. The highest BCUT2D eigenvalue weighted by molar-refractivity contribution is 5.90. The van der Waals surface area contributed by atoms with E-state index in [2.05, 4.69) is 23.8 Å². The second-order valence-electron chi connectivity index (χ2n) is 5.49. The minimum Gasteiger partial charge on any atom is -0.297 e. The summed E-state index contributed by atoms with van der Waals surface area (Å²) < 4.78 is 1.77. The zero-order chi connectivity index (χ0) is 13.9. The Bertz CT molecular complexity index is 428. The SMILES string of the molecule is CCN(CC)C1(C(=O)Cc2ccn(C)n2)CCCC1. The van der Waals surface area contributed by atoms with Gasteiger partial charge in [0.25, 0.3) is 0 Å². The fourth-order valence-corrected chi connectivity index (χ4v) is 3.45. The molecule has 0 amide bonds. The van der Waals surface area contributed by atoms with Gasteiger partial charge in [-0.25, -0.2) is 0 Å². The third-order valence-electron chi connectivity index (χ3n) is 4.43. The maximum atomic E-state index is 12.8. The van der Waals surface area contributed by atoms with Crippen LogP contribution in [0.5, 0.6) is 0 Å². The average molecular weight is 263 g/mol. The predicted octanol–water partition coefficient (Wildman–Crippen LogP) is 2.19. The van der Waals surface area contributed by atoms with Gasteiger partial charge in [0.15, 0.2) is 5.78 Å². The Morgan fingerprint density at radius 1 is 1.37 bits per heavy atom. The number of likely N-dealkylation sites (N-methyl/N-ethyl adjacent to an activating group) is 1. The molecule has 0 bridgehead atoms. The van der Waals surface area contributed by atoms with Crippen LogP contribution in [0.2, 0.25) is 0 Å². The van der Waals surface area contributed by atoms with Gasteiger partial charge >= 0.3 is 0 Å². The maximum Gasteiger partial charge on any atom is 0.159 e. The molecule has 0 saturated heterocycles. The topological polar surface area (TPSA) is 38.1 Å². The quantitative estimate of drug-likeness (QED) is 0.789. The Morgan fingerprint density at radius 3 is 2.47 bits per heavy atom. The number of carbonyl (C=O) groups excluding carboxylic acids is 1. The van der Waals surface area contributed by atoms with Crippen molar-refractivity contribution in [1.82, 2.24) is 14.7 Å². The molecule has 1 aromatic heterocycles. The van der Waals surface area contributed by atoms with E-state index in [1.54, 1.807) is 4.68 Å². The van der Waals surface area contributed by atoms with E-state index in [4.69, 9.17) is 0 Å². The highest BCUT2D eigenvalue weighted by atomic mass is 16.1. The molecule has 1 saturated carbocycles. The van der Waals surface area contributed by atoms with E-state index in [1.807, 2.05) is 19.3 Å². The van der Waals surface area contributed by atoms with E-state index in [-0.39, 0.29) is 5.54 Å². The third-order valence-corrected chi connectivity index (χ3v) is 4.43. The van der Waals surface area contributed by atoms with Gasteiger partial charge in [-0.2, -0.15) is 5.10 Å². The largest absolute Gasteiger partial charge is 0.297 e. The number of ketones is 1. The predicted molar refractivity (Wildman–Crippen MR) is 76.0 cm³/mol. The first-order valence-electron chi connectivity index (χ1n) is 7.39. The monoisotopic (exact) mass is 263 g/mol. The Balaban J connectivity index is 2.16. The number of aryl methyl sites for hydroxylation is 1. The van der Waals surface area contributed by atoms with Crippen LogP contribution >= 0.6 is 0 Å². The number of hydrogen-bond donors (Lipinski definition) is 0. The maximum absolute atomic E-state index is 12.8. The van der Waals surface area contributed by atoms with Crippen molar-refractivity contribution in [3.63, 3.8) is 0 Å². The summed E-state index contributed by atoms with van der Waals surface area (Å²) in [7, 11) is 1.89. The summed E-state index contributed by atoms with van der Waals surface area (Å²) in [6.07, 6.45) is 6.74. The van der Waals surface area contributed by atoms with Gasteiger partial charge in [-0.1, -0.05) is 26.7 Å². The smallest absolute Gasteiger partial charge is 0.159 e. The number of Topliss-reactive ketones (excluding diaryl/α,β-unsaturated/α-hetero) is 1. The van der Waals surface area contributed by atoms with Crippen LogP contribution in [0.3, 0.4) is 0 Å². The second-order valence-corrected chi connectivity index (χ2v) is 5.49. The van der Waals surface area contributed by atoms with Gasteiger partial charge in [0.2, 0.25) is 0 Å². The molecule has 2 rings (SSSR count). The lowest BCUT2D eigenvalue weighted by atomic mass is 9.87. The molecular weight excluding hydrogens is 238 g/mol. The minimum atomic E-state index is -0.221. The fourth-order valence-electron chi connectivity index (χ4n) is 3.45. The molecule has 0 unspecified atom stereocenters. The summed E-state index contributed by atoms with van der Waals surface area (Å²) in [5.74, 6) is 0.354. The highest BCUT2D eigenvalue weighted by Gasteiger charge is 2.44. The van der Waals surface area contributed by atoms with Gasteiger partial charge in [0.05, 0.1) is 17.7 Å². The standard InChI is InChI=1S/C15H25N3O/c1-4-18(5-2)15(9-6-7-10-15)14(19)12-13-8-11-17(3)16-13/h8,11H,4-7,9-10,12H2,1-3H3. The van der Waals surface area contributed by atoms with E-state index in [1.165, 1.54) is 12.8 Å². The van der Waals surface area contributed by atoms with Crippen molar-refractivity contribution in [3.8, 4) is 0 Å². The summed E-state index contributed by atoms with van der Waals surface area (Å²) >= 11 is 0. The molecule has 0 spiro atoms. The molecule has 0 radical (unpaired) electrons. The van der Waals surface area contributed by atoms with Crippen LogP contribution in [-0.4, -0.2) is 39.1 Å². The van der Waals surface area contributed by atoms with Crippen LogP contribution < -0.4 is 0 Å². The first-order chi connectivity index (χ1) is 9.12. The van der Waals surface area contributed by atoms with E-state index in [0.29, 0.717) is 12.2 Å². The molecule has 1 heterocycles. The highest BCUT2D eigenvalue weighted by Crippen LogP contribution is 2.36. The molecule has 0 aromatic carbocycles. The minimum absolute atomic E-state index is 0.221. The van der Waals surface area contributed by atoms with Gasteiger partial charge < -0.3 is 0 Å². The second kappa shape index (κ2) is 5.87. The van der Waals surface area contributed by atoms with Crippen molar-refractivity contribution >= 4 is 5.78 Å². The Morgan fingerprint density at radius 2 is 2.00 bits per heavy atom. The average Bonchev–Trinajstić information content (AvgIpc) is 3.01. The molecule has 1 fully saturated rings. The summed E-state index contributed by atoms with van der Waals surface area (Å²) in [6, 6.07) is 1.95. The van der Waals surface area contributed by atoms with Crippen LogP contribution in [-0.2, 0) is 18.3 Å². The zero-order valence-corrected chi connectivity index (χ0v) is 12.4. The van der Waals surface area contributed by atoms with E-state index < -0.39 is 0 Å². The molecule has 19 heavy (non-hydrogen) atoms. The van der Waals surface area contributed by atoms with E-state index in [0.717, 1.165) is 31.6 Å². The fraction of sp³-hybridized carbons (Fsp3) is 0.733. The molecule has 1 aliphatic rings. The van der Waals surface area contributed by atoms with Crippen molar-refractivity contribution in [2.75, 3.05) is 13.1 Å². The number of carbonyl (C=O) groups is 1. The molecule has 4 heteroatoms. The van der Waals surface area contributed by atoms with Crippen LogP contribution in [0, 0.1) is 0 Å². The molecule has 1 aromatic rings. The molecular formula is C15H25N3O. The molecule has 106 valence electrons. The van der Waals surface area contributed by atoms with Crippen molar-refractivity contribution in [2.24, 2.45) is 7.05 Å². The molecule has 1 aliphatic carbocycles. The van der Waals surface area contributed by atoms with Crippen molar-refractivity contribution in [3.05, 3.63) is 18.0 Å². The number of nitrogens with zero attached hydrogens (tertiary/aromatic N) is 3.